The van der Waals surface area contributed by atoms with Crippen LogP contribution in [0.2, 0.25) is 0 Å². The van der Waals surface area contributed by atoms with E-state index in [2.05, 4.69) is 70.6 Å². The first-order valence-corrected chi connectivity index (χ1v) is 7.73. The lowest BCUT2D eigenvalue weighted by molar-refractivity contribution is 0.0513. The van der Waals surface area contributed by atoms with E-state index in [1.807, 2.05) is 0 Å². The quantitative estimate of drug-likeness (QED) is 0.895. The van der Waals surface area contributed by atoms with E-state index < -0.39 is 0 Å². The van der Waals surface area contributed by atoms with E-state index >= 15 is 0 Å². The van der Waals surface area contributed by atoms with E-state index in [-0.39, 0.29) is 6.10 Å². The molecule has 0 radical (unpaired) electrons. The molecule has 2 aromatic carbocycles. The Morgan fingerprint density at radius 2 is 2.05 bits per heavy atom. The molecule has 1 heterocycles. The van der Waals surface area contributed by atoms with Gasteiger partial charge in [0.15, 0.2) is 0 Å². The van der Waals surface area contributed by atoms with Crippen molar-refractivity contribution in [1.29, 1.82) is 0 Å². The molecule has 104 valence electrons. The standard InChI is InChI=1S/C17H18BrNO/c1-12-5-4-8-15(17(12)18)19-11-16-14-7-3-2-6-13(14)9-10-20-16/h2-8,16,19H,9-11H2,1H3. The Labute approximate surface area is 128 Å². The summed E-state index contributed by atoms with van der Waals surface area (Å²) in [6, 6.07) is 14.8. The van der Waals surface area contributed by atoms with Crippen molar-refractivity contribution in [2.45, 2.75) is 19.4 Å². The highest BCUT2D eigenvalue weighted by Gasteiger charge is 2.20. The van der Waals surface area contributed by atoms with Gasteiger partial charge in [-0.3, -0.25) is 0 Å². The molecular weight excluding hydrogens is 314 g/mol. The van der Waals surface area contributed by atoms with Gasteiger partial charge in [-0.15, -0.1) is 0 Å². The minimum atomic E-state index is 0.132. The number of aryl methyl sites for hydroxylation is 1. The lowest BCUT2D eigenvalue weighted by Gasteiger charge is -2.26. The van der Waals surface area contributed by atoms with Crippen molar-refractivity contribution < 1.29 is 4.74 Å². The summed E-state index contributed by atoms with van der Waals surface area (Å²) < 4.78 is 7.05. The molecule has 1 N–H and O–H groups in total. The van der Waals surface area contributed by atoms with Crippen molar-refractivity contribution in [3.63, 3.8) is 0 Å². The Bertz CT molecular complexity index is 612. The summed E-state index contributed by atoms with van der Waals surface area (Å²) in [4.78, 5) is 0. The van der Waals surface area contributed by atoms with Crippen LogP contribution in [0.3, 0.4) is 0 Å². The van der Waals surface area contributed by atoms with Gasteiger partial charge in [0.25, 0.3) is 0 Å². The number of fused-ring (bicyclic) bond motifs is 1. The predicted molar refractivity (Wildman–Crippen MR) is 86.2 cm³/mol. The van der Waals surface area contributed by atoms with Crippen LogP contribution in [0.5, 0.6) is 0 Å². The zero-order valence-corrected chi connectivity index (χ0v) is 13.1. The first-order chi connectivity index (χ1) is 9.75. The van der Waals surface area contributed by atoms with Crippen molar-refractivity contribution >= 4 is 21.6 Å². The number of ether oxygens (including phenoxy) is 1. The SMILES string of the molecule is Cc1cccc(NCC2OCCc3ccccc32)c1Br. The van der Waals surface area contributed by atoms with Crippen LogP contribution in [0.1, 0.15) is 22.8 Å². The molecule has 2 aromatic rings. The van der Waals surface area contributed by atoms with Crippen LogP contribution in [-0.2, 0) is 11.2 Å². The van der Waals surface area contributed by atoms with E-state index in [1.54, 1.807) is 0 Å². The van der Waals surface area contributed by atoms with Crippen LogP contribution >= 0.6 is 15.9 Å². The summed E-state index contributed by atoms with van der Waals surface area (Å²) in [5.41, 5.74) is 5.08. The molecule has 0 fully saturated rings. The number of nitrogens with one attached hydrogen (secondary N) is 1. The third-order valence-electron chi connectivity index (χ3n) is 3.76. The van der Waals surface area contributed by atoms with Crippen LogP contribution in [0.25, 0.3) is 0 Å². The number of halogens is 1. The minimum Gasteiger partial charge on any atom is -0.381 e. The highest BCUT2D eigenvalue weighted by molar-refractivity contribution is 9.10. The summed E-state index contributed by atoms with van der Waals surface area (Å²) in [5.74, 6) is 0. The highest BCUT2D eigenvalue weighted by Crippen LogP contribution is 2.29. The molecule has 1 atom stereocenters. The van der Waals surface area contributed by atoms with Gasteiger partial charge in [-0.1, -0.05) is 36.4 Å². The molecule has 0 aromatic heterocycles. The number of anilines is 1. The van der Waals surface area contributed by atoms with E-state index in [0.717, 1.165) is 29.7 Å². The average molecular weight is 332 g/mol. The Morgan fingerprint density at radius 1 is 1.20 bits per heavy atom. The molecule has 0 aliphatic carbocycles. The molecule has 0 saturated carbocycles. The number of hydrogen-bond donors (Lipinski definition) is 1. The predicted octanol–water partition coefficient (Wildman–Crippen LogP) is 4.48. The number of rotatable bonds is 3. The molecule has 1 aliphatic rings. The van der Waals surface area contributed by atoms with E-state index in [9.17, 15) is 0 Å². The zero-order chi connectivity index (χ0) is 13.9. The fraction of sp³-hybridized carbons (Fsp3) is 0.294. The highest BCUT2D eigenvalue weighted by atomic mass is 79.9. The lowest BCUT2D eigenvalue weighted by atomic mass is 9.97. The van der Waals surface area contributed by atoms with Crippen molar-refractivity contribution in [3.05, 3.63) is 63.6 Å². The van der Waals surface area contributed by atoms with Crippen LogP contribution in [0.4, 0.5) is 5.69 Å². The van der Waals surface area contributed by atoms with E-state index in [1.165, 1.54) is 16.7 Å². The first kappa shape index (κ1) is 13.7. The van der Waals surface area contributed by atoms with Gasteiger partial charge in [0, 0.05) is 16.7 Å². The van der Waals surface area contributed by atoms with Crippen LogP contribution < -0.4 is 5.32 Å². The lowest BCUT2D eigenvalue weighted by Crippen LogP contribution is -2.22. The molecule has 3 rings (SSSR count). The minimum absolute atomic E-state index is 0.132. The van der Waals surface area contributed by atoms with Gasteiger partial charge in [-0.2, -0.15) is 0 Å². The number of benzene rings is 2. The van der Waals surface area contributed by atoms with Crippen molar-refractivity contribution in [2.75, 3.05) is 18.5 Å². The van der Waals surface area contributed by atoms with Crippen molar-refractivity contribution in [2.24, 2.45) is 0 Å². The maximum atomic E-state index is 5.92. The Kier molecular flexibility index (Phi) is 4.08. The Hall–Kier alpha value is -1.32. The molecule has 0 spiro atoms. The van der Waals surface area contributed by atoms with Crippen LogP contribution in [0.15, 0.2) is 46.9 Å². The molecule has 0 saturated heterocycles. The molecular formula is C17H18BrNO. The first-order valence-electron chi connectivity index (χ1n) is 6.94. The molecule has 1 unspecified atom stereocenters. The van der Waals surface area contributed by atoms with Gasteiger partial charge < -0.3 is 10.1 Å². The fourth-order valence-electron chi connectivity index (χ4n) is 2.63. The van der Waals surface area contributed by atoms with Gasteiger partial charge in [0.05, 0.1) is 12.7 Å². The summed E-state index contributed by atoms with van der Waals surface area (Å²) in [5, 5.41) is 3.49. The third kappa shape index (κ3) is 2.74. The van der Waals surface area contributed by atoms with Gasteiger partial charge >= 0.3 is 0 Å². The molecule has 1 aliphatic heterocycles. The number of hydrogen-bond acceptors (Lipinski definition) is 2. The largest absolute Gasteiger partial charge is 0.381 e. The van der Waals surface area contributed by atoms with E-state index in [0.29, 0.717) is 0 Å². The van der Waals surface area contributed by atoms with Gasteiger partial charge in [-0.05, 0) is 52.0 Å². The molecule has 0 bridgehead atoms. The zero-order valence-electron chi connectivity index (χ0n) is 11.5. The summed E-state index contributed by atoms with van der Waals surface area (Å²) >= 11 is 3.63. The maximum absolute atomic E-state index is 5.92. The molecule has 0 amide bonds. The fourth-order valence-corrected chi connectivity index (χ4v) is 3.04. The van der Waals surface area contributed by atoms with E-state index in [4.69, 9.17) is 4.74 Å². The average Bonchev–Trinajstić information content (AvgIpc) is 2.49. The summed E-state index contributed by atoms with van der Waals surface area (Å²) in [7, 11) is 0. The van der Waals surface area contributed by atoms with Crippen molar-refractivity contribution in [3.8, 4) is 0 Å². The third-order valence-corrected chi connectivity index (χ3v) is 4.81. The molecule has 3 heteroatoms. The maximum Gasteiger partial charge on any atom is 0.0999 e. The summed E-state index contributed by atoms with van der Waals surface area (Å²) in [6.07, 6.45) is 1.15. The second-order valence-electron chi connectivity index (χ2n) is 5.13. The Morgan fingerprint density at radius 3 is 2.95 bits per heavy atom. The molecule has 2 nitrogen and oxygen atoms in total. The van der Waals surface area contributed by atoms with Gasteiger partial charge in [0.2, 0.25) is 0 Å². The smallest absolute Gasteiger partial charge is 0.0999 e. The van der Waals surface area contributed by atoms with Crippen LogP contribution in [-0.4, -0.2) is 13.2 Å². The van der Waals surface area contributed by atoms with Crippen LogP contribution in [0, 0.1) is 6.92 Å². The monoisotopic (exact) mass is 331 g/mol. The normalized spacial score (nSPS) is 17.6. The van der Waals surface area contributed by atoms with Gasteiger partial charge in [-0.25, -0.2) is 0 Å². The second kappa shape index (κ2) is 5.98. The second-order valence-corrected chi connectivity index (χ2v) is 5.92. The summed E-state index contributed by atoms with van der Waals surface area (Å²) in [6.45, 7) is 3.69. The van der Waals surface area contributed by atoms with Crippen molar-refractivity contribution in [1.82, 2.24) is 0 Å². The Balaban J connectivity index is 1.75. The molecule has 20 heavy (non-hydrogen) atoms. The van der Waals surface area contributed by atoms with Gasteiger partial charge in [0.1, 0.15) is 0 Å². The topological polar surface area (TPSA) is 21.3 Å².